The highest BCUT2D eigenvalue weighted by molar-refractivity contribution is 5.93. The lowest BCUT2D eigenvalue weighted by molar-refractivity contribution is -0.118. The molecule has 0 aliphatic carbocycles. The van der Waals surface area contributed by atoms with E-state index in [2.05, 4.69) is 36.6 Å². The van der Waals surface area contributed by atoms with E-state index in [-0.39, 0.29) is 23.7 Å². The molecule has 0 radical (unpaired) electrons. The summed E-state index contributed by atoms with van der Waals surface area (Å²) in [6, 6.07) is 0. The van der Waals surface area contributed by atoms with Crippen LogP contribution in [0.2, 0.25) is 0 Å². The molecule has 40 heavy (non-hydrogen) atoms. The molecule has 0 spiro atoms. The van der Waals surface area contributed by atoms with Gasteiger partial charge in [-0.3, -0.25) is 9.59 Å². The second-order valence-corrected chi connectivity index (χ2v) is 9.92. The first kappa shape index (κ1) is 33.8. The summed E-state index contributed by atoms with van der Waals surface area (Å²) in [6.07, 6.45) is 39.2. The molecule has 2 atom stereocenters. The van der Waals surface area contributed by atoms with E-state index in [9.17, 15) is 9.59 Å². The fraction of sp³-hybridized carbons (Fsp3) is 0.278. The van der Waals surface area contributed by atoms with E-state index in [4.69, 9.17) is 0 Å². The zero-order valence-corrected chi connectivity index (χ0v) is 24.9. The van der Waals surface area contributed by atoms with E-state index in [1.165, 1.54) is 0 Å². The molecule has 0 aromatic carbocycles. The largest absolute Gasteiger partial charge is 0.352 e. The van der Waals surface area contributed by atoms with E-state index in [0.717, 1.165) is 11.1 Å². The molecule has 212 valence electrons. The topological polar surface area (TPSA) is 58.2 Å². The second kappa shape index (κ2) is 20.7. The molecule has 0 aromatic heterocycles. The van der Waals surface area contributed by atoms with Gasteiger partial charge in [-0.2, -0.15) is 0 Å². The Balaban J connectivity index is 2.96. The minimum Gasteiger partial charge on any atom is -0.352 e. The zero-order chi connectivity index (χ0) is 29.6. The quantitative estimate of drug-likeness (QED) is 0.331. The number of nitrogens with one attached hydrogen (secondary N) is 2. The highest BCUT2D eigenvalue weighted by Crippen LogP contribution is 2.03. The molecule has 1 aliphatic heterocycles. The molecule has 1 rings (SSSR count). The van der Waals surface area contributed by atoms with Gasteiger partial charge in [0.15, 0.2) is 0 Å². The lowest BCUT2D eigenvalue weighted by Gasteiger charge is -2.08. The van der Waals surface area contributed by atoms with Gasteiger partial charge in [-0.25, -0.2) is 0 Å². The van der Waals surface area contributed by atoms with Crippen LogP contribution in [-0.2, 0) is 9.59 Å². The number of hydrogen-bond donors (Lipinski definition) is 2. The van der Waals surface area contributed by atoms with Crippen molar-refractivity contribution in [1.29, 1.82) is 0 Å². The van der Waals surface area contributed by atoms with Crippen LogP contribution in [0.25, 0.3) is 0 Å². The monoisotopic (exact) mass is 538 g/mol. The van der Waals surface area contributed by atoms with Crippen LogP contribution in [0, 0.1) is 11.8 Å². The zero-order valence-electron chi connectivity index (χ0n) is 24.9. The second-order valence-electron chi connectivity index (χ2n) is 9.92. The maximum atomic E-state index is 12.4. The van der Waals surface area contributed by atoms with Crippen LogP contribution in [0.15, 0.2) is 144 Å². The fourth-order valence-corrected chi connectivity index (χ4v) is 3.18. The average molecular weight is 539 g/mol. The van der Waals surface area contributed by atoms with E-state index in [1.54, 1.807) is 0 Å². The molecule has 4 nitrogen and oxygen atoms in total. The van der Waals surface area contributed by atoms with Gasteiger partial charge in [0, 0.05) is 24.2 Å². The number of allylic oxidation sites excluding steroid dienone is 20. The van der Waals surface area contributed by atoms with Crippen molar-refractivity contribution in [3.8, 4) is 0 Å². The van der Waals surface area contributed by atoms with Crippen LogP contribution >= 0.6 is 0 Å². The third-order valence-corrected chi connectivity index (χ3v) is 5.78. The molecular formula is C36H46N2O2. The molecule has 2 N–H and O–H groups in total. The molecule has 0 unspecified atom stereocenters. The molecule has 0 bridgehead atoms. The standard InChI is InChI=1S/C36H46N2O2/c1-29-19-13-9-7-11-15-21-31(3)28-38-36(40)34(6)26-18-24-30(2)20-14-10-8-12-16-22-32(4)27-37-35(39)33(5)25-17-23-29/h7-26,31-32H,27-28H2,1-6H3,(H,37,39)(H,38,40)/b11-7-,12-8-,13-9+,14-10+,21-15-,22-16-,23-17+,24-18+,29-19+,30-20+,33-25+,34-26+/t31-,32-/m0/s1. The van der Waals surface area contributed by atoms with Gasteiger partial charge in [-0.1, -0.05) is 147 Å². The van der Waals surface area contributed by atoms with Crippen molar-refractivity contribution < 1.29 is 9.59 Å². The minimum absolute atomic E-state index is 0.0624. The van der Waals surface area contributed by atoms with Crippen LogP contribution in [0.5, 0.6) is 0 Å². The lowest BCUT2D eigenvalue weighted by Crippen LogP contribution is -2.28. The molecule has 1 aliphatic rings. The number of amides is 2. The Kier molecular flexibility index (Phi) is 17.6. The van der Waals surface area contributed by atoms with Crippen LogP contribution in [-0.4, -0.2) is 24.9 Å². The number of carbonyl (C=O) groups excluding carboxylic acids is 2. The van der Waals surface area contributed by atoms with Gasteiger partial charge in [0.1, 0.15) is 0 Å². The summed E-state index contributed by atoms with van der Waals surface area (Å²) < 4.78 is 0. The van der Waals surface area contributed by atoms with Crippen molar-refractivity contribution in [2.24, 2.45) is 11.8 Å². The van der Waals surface area contributed by atoms with E-state index in [1.807, 2.05) is 137 Å². The summed E-state index contributed by atoms with van der Waals surface area (Å²) in [7, 11) is 0. The third kappa shape index (κ3) is 17.4. The van der Waals surface area contributed by atoms with Crippen molar-refractivity contribution in [1.82, 2.24) is 10.6 Å². The van der Waals surface area contributed by atoms with Crippen molar-refractivity contribution in [3.63, 3.8) is 0 Å². The summed E-state index contributed by atoms with van der Waals surface area (Å²) in [5, 5.41) is 5.97. The molecule has 1 heterocycles. The van der Waals surface area contributed by atoms with Crippen LogP contribution < -0.4 is 10.6 Å². The van der Waals surface area contributed by atoms with Crippen LogP contribution in [0.4, 0.5) is 0 Å². The van der Waals surface area contributed by atoms with Gasteiger partial charge in [-0.15, -0.1) is 0 Å². The maximum Gasteiger partial charge on any atom is 0.246 e. The highest BCUT2D eigenvalue weighted by Gasteiger charge is 2.05. The Bertz CT molecular complexity index is 1100. The Morgan fingerprint density at radius 1 is 0.500 bits per heavy atom. The number of carbonyl (C=O) groups is 2. The normalized spacial score (nSPS) is 33.0. The molecule has 2 amide bonds. The van der Waals surface area contributed by atoms with Gasteiger partial charge >= 0.3 is 0 Å². The van der Waals surface area contributed by atoms with Gasteiger partial charge in [0.05, 0.1) is 0 Å². The van der Waals surface area contributed by atoms with Crippen LogP contribution in [0.1, 0.15) is 41.5 Å². The lowest BCUT2D eigenvalue weighted by atomic mass is 10.1. The smallest absolute Gasteiger partial charge is 0.246 e. The van der Waals surface area contributed by atoms with Crippen molar-refractivity contribution in [3.05, 3.63) is 144 Å². The van der Waals surface area contributed by atoms with E-state index in [0.29, 0.717) is 24.2 Å². The Labute approximate surface area is 242 Å². The summed E-state index contributed by atoms with van der Waals surface area (Å²) in [4.78, 5) is 24.7. The Morgan fingerprint density at radius 3 is 1.25 bits per heavy atom. The summed E-state index contributed by atoms with van der Waals surface area (Å²) in [5.41, 5.74) is 3.49. The third-order valence-electron chi connectivity index (χ3n) is 5.78. The Hall–Kier alpha value is -4.18. The van der Waals surface area contributed by atoms with Gasteiger partial charge < -0.3 is 10.6 Å². The SMILES string of the molecule is CC1=C\C=C\C=C/C=C\[C@H](C)CNC(=O)/C(C)=C/C=C/C(C)=C/C=C/C=C\C=C/[C@H](C)CNC(=O)\C(C)=C\C=C\1. The predicted octanol–water partition coefficient (Wildman–Crippen LogP) is 7.74. The van der Waals surface area contributed by atoms with Gasteiger partial charge in [0.25, 0.3) is 0 Å². The van der Waals surface area contributed by atoms with Gasteiger partial charge in [0.2, 0.25) is 11.8 Å². The highest BCUT2D eigenvalue weighted by atomic mass is 16.2. The molecule has 0 saturated heterocycles. The van der Waals surface area contributed by atoms with Gasteiger partial charge in [-0.05, 0) is 39.5 Å². The Morgan fingerprint density at radius 2 is 0.850 bits per heavy atom. The van der Waals surface area contributed by atoms with Crippen molar-refractivity contribution in [2.45, 2.75) is 41.5 Å². The van der Waals surface area contributed by atoms with E-state index < -0.39 is 0 Å². The van der Waals surface area contributed by atoms with Crippen LogP contribution in [0.3, 0.4) is 0 Å². The molecule has 0 saturated carbocycles. The van der Waals surface area contributed by atoms with Crippen molar-refractivity contribution in [2.75, 3.05) is 13.1 Å². The first-order valence-corrected chi connectivity index (χ1v) is 13.8. The number of hydrogen-bond acceptors (Lipinski definition) is 2. The predicted molar refractivity (Wildman–Crippen MR) is 172 cm³/mol. The maximum absolute atomic E-state index is 12.4. The summed E-state index contributed by atoms with van der Waals surface area (Å²) >= 11 is 0. The molecular weight excluding hydrogens is 492 g/mol. The summed E-state index contributed by atoms with van der Waals surface area (Å²) in [5.74, 6) is 0.303. The number of rotatable bonds is 0. The first-order chi connectivity index (χ1) is 19.2. The average Bonchev–Trinajstić information content (AvgIpc) is 2.92. The molecule has 0 aromatic rings. The summed E-state index contributed by atoms with van der Waals surface area (Å²) in [6.45, 7) is 12.9. The fourth-order valence-electron chi connectivity index (χ4n) is 3.18. The first-order valence-electron chi connectivity index (χ1n) is 13.8. The minimum atomic E-state index is -0.0624. The van der Waals surface area contributed by atoms with E-state index >= 15 is 0 Å². The van der Waals surface area contributed by atoms with Crippen molar-refractivity contribution >= 4 is 11.8 Å². The molecule has 0 fully saturated rings. The molecule has 4 heteroatoms.